The first kappa shape index (κ1) is 17.4. The minimum atomic E-state index is -0.00931. The van der Waals surface area contributed by atoms with Gasteiger partial charge in [-0.15, -0.1) is 5.10 Å². The van der Waals surface area contributed by atoms with Gasteiger partial charge in [-0.25, -0.2) is 0 Å². The highest BCUT2D eigenvalue weighted by Crippen LogP contribution is 2.30. The van der Waals surface area contributed by atoms with Crippen molar-refractivity contribution in [3.05, 3.63) is 65.9 Å². The van der Waals surface area contributed by atoms with Crippen LogP contribution in [0.3, 0.4) is 0 Å². The first-order valence-electron chi connectivity index (χ1n) is 8.29. The topological polar surface area (TPSA) is 86.5 Å². The molecule has 2 N–H and O–H groups in total. The minimum Gasteiger partial charge on any atom is -0.339 e. The van der Waals surface area contributed by atoms with Gasteiger partial charge in [-0.3, -0.25) is 0 Å². The largest absolute Gasteiger partial charge is 0.339 e. The Hall–Kier alpha value is -3.46. The fourth-order valence-corrected chi connectivity index (χ4v) is 2.60. The summed E-state index contributed by atoms with van der Waals surface area (Å²) in [6.07, 6.45) is 1.54. The van der Waals surface area contributed by atoms with E-state index in [1.807, 2.05) is 30.3 Å². The second kappa shape index (κ2) is 7.19. The highest BCUT2D eigenvalue weighted by atomic mass is 15.3. The molecule has 3 aromatic rings. The third-order valence-electron chi connectivity index (χ3n) is 3.80. The average Bonchev–Trinajstić information content (AvgIpc) is 2.62. The molecule has 0 aliphatic carbocycles. The lowest BCUT2D eigenvalue weighted by molar-refractivity contribution is 0.592. The normalized spacial score (nSPS) is 10.8. The smallest absolute Gasteiger partial charge is 0.249 e. The van der Waals surface area contributed by atoms with Crippen LogP contribution in [0.25, 0.3) is 0 Å². The summed E-state index contributed by atoms with van der Waals surface area (Å²) in [6, 6.07) is 17.4. The van der Waals surface area contributed by atoms with Gasteiger partial charge in [0.1, 0.15) is 0 Å². The molecule has 0 amide bonds. The third-order valence-corrected chi connectivity index (χ3v) is 3.80. The number of anilines is 4. The van der Waals surface area contributed by atoms with E-state index in [0.29, 0.717) is 17.3 Å². The molecule has 0 radical (unpaired) electrons. The van der Waals surface area contributed by atoms with Crippen molar-refractivity contribution in [3.63, 3.8) is 0 Å². The second-order valence-corrected chi connectivity index (χ2v) is 6.90. The maximum atomic E-state index is 9.00. The zero-order valence-electron chi connectivity index (χ0n) is 15.0. The molecule has 2 aromatic carbocycles. The van der Waals surface area contributed by atoms with Gasteiger partial charge in [-0.05, 0) is 35.2 Å². The van der Waals surface area contributed by atoms with Crippen molar-refractivity contribution in [3.8, 4) is 6.07 Å². The van der Waals surface area contributed by atoms with Crippen LogP contribution in [0.5, 0.6) is 0 Å². The van der Waals surface area contributed by atoms with Crippen molar-refractivity contribution in [2.75, 3.05) is 10.6 Å². The van der Waals surface area contributed by atoms with Crippen molar-refractivity contribution >= 4 is 23.1 Å². The molecule has 6 heteroatoms. The number of benzene rings is 2. The van der Waals surface area contributed by atoms with Gasteiger partial charge >= 0.3 is 0 Å². The fourth-order valence-electron chi connectivity index (χ4n) is 2.60. The number of para-hydroxylation sites is 1. The summed E-state index contributed by atoms with van der Waals surface area (Å²) in [7, 11) is 0. The maximum Gasteiger partial charge on any atom is 0.249 e. The van der Waals surface area contributed by atoms with Crippen molar-refractivity contribution in [1.82, 2.24) is 15.2 Å². The second-order valence-electron chi connectivity index (χ2n) is 6.90. The van der Waals surface area contributed by atoms with Crippen LogP contribution in [-0.2, 0) is 5.41 Å². The molecule has 0 bridgehead atoms. The Morgan fingerprint density at radius 3 is 2.58 bits per heavy atom. The number of nitriles is 1. The monoisotopic (exact) mass is 344 g/mol. The molecule has 1 heterocycles. The van der Waals surface area contributed by atoms with E-state index < -0.39 is 0 Å². The summed E-state index contributed by atoms with van der Waals surface area (Å²) in [5.41, 5.74) is 3.46. The summed E-state index contributed by atoms with van der Waals surface area (Å²) >= 11 is 0. The number of rotatable bonds is 4. The Bertz CT molecular complexity index is 953. The molecular formula is C20H20N6. The predicted octanol–water partition coefficient (Wildman–Crippen LogP) is 4.53. The number of hydrogen-bond acceptors (Lipinski definition) is 6. The van der Waals surface area contributed by atoms with Gasteiger partial charge in [-0.2, -0.15) is 15.3 Å². The van der Waals surface area contributed by atoms with Crippen molar-refractivity contribution < 1.29 is 0 Å². The van der Waals surface area contributed by atoms with Gasteiger partial charge in [0.2, 0.25) is 5.95 Å². The molecule has 3 rings (SSSR count). The summed E-state index contributed by atoms with van der Waals surface area (Å²) in [5.74, 6) is 0.953. The van der Waals surface area contributed by atoms with E-state index in [1.54, 1.807) is 18.3 Å². The van der Waals surface area contributed by atoms with Gasteiger partial charge < -0.3 is 10.6 Å². The van der Waals surface area contributed by atoms with Crippen molar-refractivity contribution in [2.45, 2.75) is 26.2 Å². The van der Waals surface area contributed by atoms with Gasteiger partial charge in [-0.1, -0.05) is 45.0 Å². The van der Waals surface area contributed by atoms with Crippen LogP contribution in [-0.4, -0.2) is 15.2 Å². The highest BCUT2D eigenvalue weighted by molar-refractivity contribution is 5.62. The Kier molecular flexibility index (Phi) is 4.81. The molecule has 1 aromatic heterocycles. The summed E-state index contributed by atoms with van der Waals surface area (Å²) < 4.78 is 0. The Morgan fingerprint density at radius 1 is 1.00 bits per heavy atom. The van der Waals surface area contributed by atoms with E-state index in [2.05, 4.69) is 58.7 Å². The lowest BCUT2D eigenvalue weighted by Crippen LogP contribution is -2.14. The quantitative estimate of drug-likeness (QED) is 0.723. The van der Waals surface area contributed by atoms with E-state index >= 15 is 0 Å². The van der Waals surface area contributed by atoms with Gasteiger partial charge in [0, 0.05) is 11.4 Å². The fraction of sp³-hybridized carbons (Fsp3) is 0.200. The zero-order valence-corrected chi connectivity index (χ0v) is 15.0. The number of nitrogens with zero attached hydrogens (tertiary/aromatic N) is 4. The van der Waals surface area contributed by atoms with Crippen LogP contribution in [0.4, 0.5) is 23.1 Å². The number of nitrogens with one attached hydrogen (secondary N) is 2. The van der Waals surface area contributed by atoms with E-state index in [9.17, 15) is 0 Å². The first-order chi connectivity index (χ1) is 12.5. The predicted molar refractivity (Wildman–Crippen MR) is 103 cm³/mol. The van der Waals surface area contributed by atoms with E-state index in [1.165, 1.54) is 5.56 Å². The van der Waals surface area contributed by atoms with Crippen molar-refractivity contribution in [2.24, 2.45) is 0 Å². The lowest BCUT2D eigenvalue weighted by Gasteiger charge is -2.22. The van der Waals surface area contributed by atoms with Crippen LogP contribution < -0.4 is 10.6 Å². The summed E-state index contributed by atoms with van der Waals surface area (Å²) in [4.78, 5) is 4.46. The van der Waals surface area contributed by atoms with E-state index in [-0.39, 0.29) is 5.41 Å². The molecule has 0 spiro atoms. The van der Waals surface area contributed by atoms with Crippen LogP contribution >= 0.6 is 0 Å². The van der Waals surface area contributed by atoms with E-state index in [0.717, 1.165) is 11.4 Å². The average molecular weight is 344 g/mol. The van der Waals surface area contributed by atoms with Crippen molar-refractivity contribution in [1.29, 1.82) is 5.26 Å². The Labute approximate surface area is 152 Å². The molecule has 0 unspecified atom stereocenters. The van der Waals surface area contributed by atoms with Gasteiger partial charge in [0.15, 0.2) is 5.82 Å². The molecular weight excluding hydrogens is 324 g/mol. The van der Waals surface area contributed by atoms with Gasteiger partial charge in [0.25, 0.3) is 0 Å². The van der Waals surface area contributed by atoms with Crippen LogP contribution in [0, 0.1) is 11.3 Å². The molecule has 0 fully saturated rings. The van der Waals surface area contributed by atoms with Gasteiger partial charge in [0.05, 0.1) is 17.8 Å². The molecule has 0 atom stereocenters. The maximum absolute atomic E-state index is 9.00. The molecule has 26 heavy (non-hydrogen) atoms. The highest BCUT2D eigenvalue weighted by Gasteiger charge is 2.18. The SMILES string of the molecule is CC(C)(C)c1ccccc1Nc1nncc(Nc2cccc(C#N)c2)n1. The summed E-state index contributed by atoms with van der Waals surface area (Å²) in [6.45, 7) is 6.48. The molecule has 6 nitrogen and oxygen atoms in total. The first-order valence-corrected chi connectivity index (χ1v) is 8.29. The molecule has 130 valence electrons. The number of aromatic nitrogens is 3. The van der Waals surface area contributed by atoms with Crippen LogP contribution in [0.2, 0.25) is 0 Å². The van der Waals surface area contributed by atoms with Crippen LogP contribution in [0.15, 0.2) is 54.7 Å². The standard InChI is InChI=1S/C20H20N6/c1-20(2,3)16-9-4-5-10-17(16)24-19-25-18(13-22-26-19)23-15-8-6-7-14(11-15)12-21/h4-11,13H,1-3H3,(H2,23,24,25,26). The lowest BCUT2D eigenvalue weighted by atomic mass is 9.86. The molecule has 0 aliphatic heterocycles. The zero-order chi connectivity index (χ0) is 18.6. The molecule has 0 aliphatic rings. The minimum absolute atomic E-state index is 0.00931. The molecule has 0 saturated heterocycles. The Morgan fingerprint density at radius 2 is 1.81 bits per heavy atom. The summed E-state index contributed by atoms with van der Waals surface area (Å²) in [5, 5.41) is 23.5. The Balaban J connectivity index is 1.84. The third kappa shape index (κ3) is 4.14. The molecule has 0 saturated carbocycles. The van der Waals surface area contributed by atoms with E-state index in [4.69, 9.17) is 5.26 Å². The number of hydrogen-bond donors (Lipinski definition) is 2. The van der Waals surface area contributed by atoms with Crippen LogP contribution in [0.1, 0.15) is 31.9 Å².